The highest BCUT2D eigenvalue weighted by Crippen LogP contribution is 2.07. The minimum Gasteiger partial charge on any atom is -0.469 e. The van der Waals surface area contributed by atoms with Crippen LogP contribution in [0.3, 0.4) is 0 Å². The Kier molecular flexibility index (Phi) is 12.9. The van der Waals surface area contributed by atoms with Gasteiger partial charge in [-0.3, -0.25) is 9.59 Å². The van der Waals surface area contributed by atoms with Crippen molar-refractivity contribution in [3.8, 4) is 0 Å². The summed E-state index contributed by atoms with van der Waals surface area (Å²) in [5.41, 5.74) is 0.689. The Bertz CT molecular complexity index is 437. The lowest BCUT2D eigenvalue weighted by molar-refractivity contribution is -0.140. The van der Waals surface area contributed by atoms with Gasteiger partial charge in [-0.1, -0.05) is 27.7 Å². The first-order valence-electron chi connectivity index (χ1n) is 7.34. The Balaban J connectivity index is -0.00000147. The topological polar surface area (TPSA) is 71.0 Å². The third-order valence-electron chi connectivity index (χ3n) is 3.48. The van der Waals surface area contributed by atoms with Gasteiger partial charge >= 0.3 is 5.97 Å². The first kappa shape index (κ1) is 23.4. The maximum atomic E-state index is 11.9. The number of rotatable bonds is 8. The molecule has 0 unspecified atom stereocenters. The molecule has 23 heavy (non-hydrogen) atoms. The Morgan fingerprint density at radius 3 is 2.57 bits per heavy atom. The fraction of sp³-hybridized carbons (Fsp3) is 0.706. The molecule has 1 aliphatic heterocycles. The molecule has 0 bridgehead atoms. The van der Waals surface area contributed by atoms with Crippen LogP contribution in [-0.4, -0.2) is 49.9 Å². The van der Waals surface area contributed by atoms with E-state index in [-0.39, 0.29) is 28.2 Å². The summed E-state index contributed by atoms with van der Waals surface area (Å²) in [5, 5.41) is 2.90. The number of hydrogen-bond donors (Lipinski definition) is 1. The number of likely N-dealkylation sites (N-methyl/N-ethyl adjacent to an activating group) is 1. The maximum absolute atomic E-state index is 11.9. The van der Waals surface area contributed by atoms with E-state index in [1.807, 2.05) is 18.9 Å². The molecule has 1 heterocycles. The van der Waals surface area contributed by atoms with Crippen LogP contribution >= 0.6 is 0 Å². The molecule has 6 nitrogen and oxygen atoms in total. The van der Waals surface area contributed by atoms with Crippen molar-refractivity contribution < 1.29 is 15.8 Å². The highest BCUT2D eigenvalue weighted by Gasteiger charge is 2.15. The fourth-order valence-corrected chi connectivity index (χ4v) is 1.98. The van der Waals surface area contributed by atoms with E-state index in [0.717, 1.165) is 31.5 Å². The summed E-state index contributed by atoms with van der Waals surface area (Å²) in [6, 6.07) is 0. The number of nitrogens with zero attached hydrogens (tertiary/aromatic N) is 2. The first-order valence-corrected chi connectivity index (χ1v) is 7.34. The average Bonchev–Trinajstić information content (AvgIpc) is 2.48. The average molecular weight is 329 g/mol. The summed E-state index contributed by atoms with van der Waals surface area (Å²) in [7, 11) is 3.32. The number of unbranched alkanes of at least 4 members (excludes halogenated alkanes) is 3. The number of hydrogen-bond acceptors (Lipinski definition) is 5. The third-order valence-corrected chi connectivity index (χ3v) is 3.48. The minimum absolute atomic E-state index is 0. The van der Waals surface area contributed by atoms with Gasteiger partial charge in [0, 0.05) is 27.6 Å². The van der Waals surface area contributed by atoms with Gasteiger partial charge in [0.1, 0.15) is 5.84 Å². The van der Waals surface area contributed by atoms with E-state index < -0.39 is 0 Å². The molecule has 136 valence electrons. The lowest BCUT2D eigenvalue weighted by Gasteiger charge is -2.22. The van der Waals surface area contributed by atoms with E-state index in [2.05, 4.69) is 15.0 Å². The Labute approximate surface area is 142 Å². The molecular formula is C17H35N3O3. The van der Waals surface area contributed by atoms with Crippen LogP contribution < -0.4 is 5.32 Å². The smallest absolute Gasteiger partial charge is 0.305 e. The summed E-state index contributed by atoms with van der Waals surface area (Å²) in [5.74, 6) is 0.706. The molecule has 0 aromatic rings. The predicted octanol–water partition coefficient (Wildman–Crippen LogP) is 2.99. The number of amides is 1. The van der Waals surface area contributed by atoms with Gasteiger partial charge in [-0.05, 0) is 19.8 Å². The predicted molar refractivity (Wildman–Crippen MR) is 97.5 cm³/mol. The van der Waals surface area contributed by atoms with Gasteiger partial charge in [-0.15, -0.1) is 0 Å². The van der Waals surface area contributed by atoms with Gasteiger partial charge in [0.2, 0.25) is 0 Å². The van der Waals surface area contributed by atoms with Crippen molar-refractivity contribution in [2.45, 2.75) is 53.9 Å². The molecule has 0 saturated carbocycles. The summed E-state index contributed by atoms with van der Waals surface area (Å²) in [6.07, 6.45) is 5.83. The second kappa shape index (κ2) is 12.7. The quantitative estimate of drug-likeness (QED) is 0.549. The number of methoxy groups -OCH3 is 1. The Morgan fingerprint density at radius 2 is 1.96 bits per heavy atom. The van der Waals surface area contributed by atoms with Crippen LogP contribution in [0.2, 0.25) is 0 Å². The van der Waals surface area contributed by atoms with Crippen molar-refractivity contribution in [3.05, 3.63) is 11.8 Å². The minimum atomic E-state index is -0.160. The molecule has 0 fully saturated rings. The molecule has 0 spiro atoms. The van der Waals surface area contributed by atoms with Gasteiger partial charge < -0.3 is 15.0 Å². The zero-order chi connectivity index (χ0) is 15.7. The second-order valence-electron chi connectivity index (χ2n) is 5.18. The summed E-state index contributed by atoms with van der Waals surface area (Å²) in [4.78, 5) is 29.0. The molecular weight excluding hydrogens is 294 g/mol. The molecule has 1 rings (SSSR count). The van der Waals surface area contributed by atoms with Crippen molar-refractivity contribution in [2.75, 3.05) is 27.2 Å². The monoisotopic (exact) mass is 329 g/mol. The van der Waals surface area contributed by atoms with Gasteiger partial charge in [-0.25, -0.2) is 4.99 Å². The van der Waals surface area contributed by atoms with E-state index in [1.165, 1.54) is 7.11 Å². The van der Waals surface area contributed by atoms with Crippen molar-refractivity contribution in [3.63, 3.8) is 0 Å². The Hall–Kier alpha value is -1.85. The van der Waals surface area contributed by atoms with Crippen molar-refractivity contribution in [2.24, 2.45) is 4.99 Å². The number of carbonyl (C=O) groups excluding carboxylic acids is 2. The van der Waals surface area contributed by atoms with Crippen molar-refractivity contribution in [1.29, 1.82) is 0 Å². The number of amidine groups is 1. The van der Waals surface area contributed by atoms with Crippen LogP contribution in [0, 0.1) is 0 Å². The molecule has 0 aromatic heterocycles. The van der Waals surface area contributed by atoms with E-state index in [4.69, 9.17) is 0 Å². The van der Waals surface area contributed by atoms with Crippen molar-refractivity contribution in [1.82, 2.24) is 10.2 Å². The van der Waals surface area contributed by atoms with E-state index in [1.54, 1.807) is 6.20 Å². The molecule has 0 radical (unpaired) electrons. The highest BCUT2D eigenvalue weighted by molar-refractivity contribution is 5.96. The number of esters is 1. The lowest BCUT2D eigenvalue weighted by Crippen LogP contribution is -2.35. The lowest BCUT2D eigenvalue weighted by atomic mass is 10.1. The van der Waals surface area contributed by atoms with Crippen LogP contribution in [0.5, 0.6) is 0 Å². The normalized spacial score (nSPS) is 13.1. The van der Waals surface area contributed by atoms with E-state index in [9.17, 15) is 9.59 Å². The van der Waals surface area contributed by atoms with E-state index >= 15 is 0 Å². The molecule has 0 saturated heterocycles. The maximum Gasteiger partial charge on any atom is 0.305 e. The Morgan fingerprint density at radius 1 is 1.30 bits per heavy atom. The standard InChI is InChI=1S/C15H25N3O3.2CH4.H2/c1-12-17-10-13(11-18(12)2)15(20)16-9-7-5-4-6-8-14(19)21-3;;;/h10H,4-9,11H2,1-3H3,(H,16,20);2*1H4;1H. The van der Waals surface area contributed by atoms with Gasteiger partial charge in [0.15, 0.2) is 0 Å². The molecule has 1 amide bonds. The van der Waals surface area contributed by atoms with Crippen molar-refractivity contribution >= 4 is 17.7 Å². The molecule has 6 heteroatoms. The number of ether oxygens (including phenoxy) is 1. The summed E-state index contributed by atoms with van der Waals surface area (Å²) in [6.45, 7) is 3.17. The van der Waals surface area contributed by atoms with E-state index in [0.29, 0.717) is 25.1 Å². The molecule has 0 aliphatic carbocycles. The van der Waals surface area contributed by atoms with Crippen LogP contribution in [0.25, 0.3) is 0 Å². The van der Waals surface area contributed by atoms with Gasteiger partial charge in [0.05, 0.1) is 19.2 Å². The molecule has 1 aliphatic rings. The van der Waals surface area contributed by atoms with Gasteiger partial charge in [-0.2, -0.15) is 0 Å². The number of carbonyl (C=O) groups is 2. The SMILES string of the molecule is C.C.COC(=O)CCCCCCNC(=O)C1=CN=C(C)N(C)C1.[HH]. The van der Waals surface area contributed by atoms with Crippen LogP contribution in [0.15, 0.2) is 16.8 Å². The molecule has 1 N–H and O–H groups in total. The second-order valence-corrected chi connectivity index (χ2v) is 5.18. The zero-order valence-electron chi connectivity index (χ0n) is 13.1. The summed E-state index contributed by atoms with van der Waals surface area (Å²) >= 11 is 0. The summed E-state index contributed by atoms with van der Waals surface area (Å²) < 4.78 is 4.58. The number of aliphatic imine (C=N–C) groups is 1. The fourth-order valence-electron chi connectivity index (χ4n) is 1.98. The third kappa shape index (κ3) is 9.01. The molecule has 0 atom stereocenters. The molecule has 0 aromatic carbocycles. The largest absolute Gasteiger partial charge is 0.469 e. The van der Waals surface area contributed by atoms with Crippen LogP contribution in [0.1, 0.15) is 55.3 Å². The van der Waals surface area contributed by atoms with Crippen LogP contribution in [-0.2, 0) is 14.3 Å². The van der Waals surface area contributed by atoms with Crippen LogP contribution in [0.4, 0.5) is 0 Å². The highest BCUT2D eigenvalue weighted by atomic mass is 16.5. The van der Waals surface area contributed by atoms with Gasteiger partial charge in [0.25, 0.3) is 5.91 Å². The zero-order valence-corrected chi connectivity index (χ0v) is 13.1. The number of nitrogens with one attached hydrogen (secondary N) is 1. The first-order chi connectivity index (χ1) is 10.0.